The molecule has 0 aliphatic rings. The van der Waals surface area contributed by atoms with Crippen molar-refractivity contribution >= 4 is 5.97 Å². The lowest BCUT2D eigenvalue weighted by Gasteiger charge is -2.13. The number of alkyl halides is 6. The predicted molar refractivity (Wildman–Crippen MR) is 99.8 cm³/mol. The van der Waals surface area contributed by atoms with E-state index in [0.29, 0.717) is 5.56 Å². The van der Waals surface area contributed by atoms with E-state index in [1.165, 1.54) is 36.5 Å². The molecule has 5 nitrogen and oxygen atoms in total. The quantitative estimate of drug-likeness (QED) is 0.471. The molecular formula is C21H13F6NO4. The normalized spacial score (nSPS) is 11.8. The zero-order valence-corrected chi connectivity index (χ0v) is 15.9. The molecule has 1 N–H and O–H groups in total. The van der Waals surface area contributed by atoms with Gasteiger partial charge in [0.2, 0.25) is 0 Å². The molecule has 0 aliphatic carbocycles. The SMILES string of the molecule is O=C(O)Cc1cc(-c2cccc(OC(F)(F)F)c2)cnc1-c1cccc(OC(F)(F)F)c1. The van der Waals surface area contributed by atoms with Gasteiger partial charge in [-0.25, -0.2) is 0 Å². The van der Waals surface area contributed by atoms with Crippen molar-refractivity contribution in [1.82, 2.24) is 4.98 Å². The molecule has 11 heteroatoms. The van der Waals surface area contributed by atoms with E-state index >= 15 is 0 Å². The van der Waals surface area contributed by atoms with Crippen molar-refractivity contribution in [2.45, 2.75) is 19.1 Å². The van der Waals surface area contributed by atoms with Crippen LogP contribution >= 0.6 is 0 Å². The van der Waals surface area contributed by atoms with E-state index in [-0.39, 0.29) is 22.4 Å². The molecule has 0 bridgehead atoms. The molecular weight excluding hydrogens is 444 g/mol. The summed E-state index contributed by atoms with van der Waals surface area (Å²) in [7, 11) is 0. The van der Waals surface area contributed by atoms with Gasteiger partial charge in [-0.05, 0) is 41.5 Å². The predicted octanol–water partition coefficient (Wildman–Crippen LogP) is 5.84. The van der Waals surface area contributed by atoms with Crippen LogP contribution in [0.3, 0.4) is 0 Å². The molecule has 0 saturated heterocycles. The van der Waals surface area contributed by atoms with Gasteiger partial charge in [0, 0.05) is 17.3 Å². The lowest BCUT2D eigenvalue weighted by Crippen LogP contribution is -2.17. The maximum absolute atomic E-state index is 12.5. The van der Waals surface area contributed by atoms with Crippen molar-refractivity contribution < 1.29 is 45.7 Å². The fourth-order valence-electron chi connectivity index (χ4n) is 2.94. The van der Waals surface area contributed by atoms with Gasteiger partial charge in [-0.1, -0.05) is 24.3 Å². The smallest absolute Gasteiger partial charge is 0.481 e. The first-order chi connectivity index (χ1) is 14.9. The zero-order chi connectivity index (χ0) is 23.5. The van der Waals surface area contributed by atoms with Crippen LogP contribution in [0.1, 0.15) is 5.56 Å². The maximum atomic E-state index is 12.5. The number of aromatic nitrogens is 1. The number of ether oxygens (including phenoxy) is 2. The van der Waals surface area contributed by atoms with Crippen molar-refractivity contribution in [2.75, 3.05) is 0 Å². The van der Waals surface area contributed by atoms with Gasteiger partial charge in [0.15, 0.2) is 0 Å². The summed E-state index contributed by atoms with van der Waals surface area (Å²) in [5.41, 5.74) is 0.961. The first-order valence-electron chi connectivity index (χ1n) is 8.83. The van der Waals surface area contributed by atoms with Gasteiger partial charge in [0.05, 0.1) is 12.1 Å². The Morgan fingerprint density at radius 2 is 1.34 bits per heavy atom. The lowest BCUT2D eigenvalue weighted by molar-refractivity contribution is -0.275. The highest BCUT2D eigenvalue weighted by molar-refractivity contribution is 5.78. The van der Waals surface area contributed by atoms with E-state index in [9.17, 15) is 36.2 Å². The summed E-state index contributed by atoms with van der Waals surface area (Å²) in [6.07, 6.45) is -9.06. The Morgan fingerprint density at radius 3 is 1.88 bits per heavy atom. The number of hydrogen-bond acceptors (Lipinski definition) is 4. The summed E-state index contributed by atoms with van der Waals surface area (Å²) in [4.78, 5) is 15.5. The molecule has 0 fully saturated rings. The van der Waals surface area contributed by atoms with Crippen molar-refractivity contribution in [2.24, 2.45) is 0 Å². The molecule has 32 heavy (non-hydrogen) atoms. The number of hydrogen-bond donors (Lipinski definition) is 1. The molecule has 3 aromatic rings. The zero-order valence-electron chi connectivity index (χ0n) is 15.9. The Morgan fingerprint density at radius 1 is 0.812 bits per heavy atom. The molecule has 0 saturated carbocycles. The van der Waals surface area contributed by atoms with Crippen LogP contribution in [0.2, 0.25) is 0 Å². The number of benzene rings is 2. The Hall–Kier alpha value is -3.76. The fourth-order valence-corrected chi connectivity index (χ4v) is 2.94. The van der Waals surface area contributed by atoms with Crippen molar-refractivity contribution in [1.29, 1.82) is 0 Å². The monoisotopic (exact) mass is 457 g/mol. The second-order valence-electron chi connectivity index (χ2n) is 6.45. The highest BCUT2D eigenvalue weighted by atomic mass is 19.4. The summed E-state index contributed by atoms with van der Waals surface area (Å²) in [5, 5.41) is 9.23. The van der Waals surface area contributed by atoms with E-state index in [1.807, 2.05) is 0 Å². The number of halogens is 6. The van der Waals surface area contributed by atoms with Gasteiger partial charge in [0.1, 0.15) is 11.5 Å². The Bertz CT molecular complexity index is 1130. The second-order valence-corrected chi connectivity index (χ2v) is 6.45. The maximum Gasteiger partial charge on any atom is 0.573 e. The van der Waals surface area contributed by atoms with E-state index < -0.39 is 36.6 Å². The minimum atomic E-state index is -4.91. The average Bonchev–Trinajstić information content (AvgIpc) is 2.65. The molecule has 0 radical (unpaired) electrons. The molecule has 1 aromatic heterocycles. The summed E-state index contributed by atoms with van der Waals surface area (Å²) < 4.78 is 82.7. The van der Waals surface area contributed by atoms with Crippen molar-refractivity contribution in [3.8, 4) is 33.9 Å². The van der Waals surface area contributed by atoms with Crippen LogP contribution in [0, 0.1) is 0 Å². The molecule has 0 spiro atoms. The number of rotatable bonds is 6. The van der Waals surface area contributed by atoms with Crippen molar-refractivity contribution in [3.05, 3.63) is 66.4 Å². The van der Waals surface area contributed by atoms with E-state index in [4.69, 9.17) is 0 Å². The number of carboxylic acids is 1. The largest absolute Gasteiger partial charge is 0.573 e. The third-order valence-corrected chi connectivity index (χ3v) is 4.05. The highest BCUT2D eigenvalue weighted by Crippen LogP contribution is 2.33. The number of pyridine rings is 1. The van der Waals surface area contributed by atoms with Gasteiger partial charge in [-0.3, -0.25) is 9.78 Å². The lowest BCUT2D eigenvalue weighted by atomic mass is 9.98. The van der Waals surface area contributed by atoms with E-state index in [2.05, 4.69) is 14.5 Å². The molecule has 1 heterocycles. The topological polar surface area (TPSA) is 68.7 Å². The van der Waals surface area contributed by atoms with E-state index in [1.54, 1.807) is 0 Å². The Balaban J connectivity index is 2.02. The number of carboxylic acid groups (broad SMARTS) is 1. The Kier molecular flexibility index (Phi) is 6.28. The minimum absolute atomic E-state index is 0.0893. The summed E-state index contributed by atoms with van der Waals surface area (Å²) in [5.74, 6) is -2.22. The van der Waals surface area contributed by atoms with Crippen LogP contribution in [0.25, 0.3) is 22.4 Å². The van der Waals surface area contributed by atoms with Gasteiger partial charge in [-0.15, -0.1) is 26.3 Å². The number of carbonyl (C=O) groups is 1. The summed E-state index contributed by atoms with van der Waals surface area (Å²) >= 11 is 0. The van der Waals surface area contributed by atoms with E-state index in [0.717, 1.165) is 24.3 Å². The van der Waals surface area contributed by atoms with Crippen LogP contribution in [0.4, 0.5) is 26.3 Å². The average molecular weight is 457 g/mol. The Labute approximate surface area is 176 Å². The van der Waals surface area contributed by atoms with Crippen LogP contribution in [0.15, 0.2) is 60.8 Å². The number of aliphatic carboxylic acids is 1. The molecule has 168 valence electrons. The van der Waals surface area contributed by atoms with Crippen LogP contribution < -0.4 is 9.47 Å². The van der Waals surface area contributed by atoms with Crippen molar-refractivity contribution in [3.63, 3.8) is 0 Å². The molecule has 0 atom stereocenters. The second kappa shape index (κ2) is 8.77. The van der Waals surface area contributed by atoms with Gasteiger partial charge in [-0.2, -0.15) is 0 Å². The van der Waals surface area contributed by atoms with Gasteiger partial charge in [0.25, 0.3) is 0 Å². The third kappa shape index (κ3) is 6.37. The molecule has 3 rings (SSSR count). The van der Waals surface area contributed by atoms with Gasteiger partial charge >= 0.3 is 18.7 Å². The first-order valence-corrected chi connectivity index (χ1v) is 8.83. The summed E-state index contributed by atoms with van der Waals surface area (Å²) in [6.45, 7) is 0. The minimum Gasteiger partial charge on any atom is -0.481 e. The fraction of sp³-hybridized carbons (Fsp3) is 0.143. The molecule has 0 unspecified atom stereocenters. The van der Waals surface area contributed by atoms with Crippen LogP contribution in [0.5, 0.6) is 11.5 Å². The number of nitrogens with zero attached hydrogens (tertiary/aromatic N) is 1. The first kappa shape index (κ1) is 22.9. The molecule has 2 aromatic carbocycles. The summed E-state index contributed by atoms with van der Waals surface area (Å²) in [6, 6.07) is 11.2. The highest BCUT2D eigenvalue weighted by Gasteiger charge is 2.32. The van der Waals surface area contributed by atoms with Crippen LogP contribution in [-0.2, 0) is 11.2 Å². The molecule has 0 aliphatic heterocycles. The van der Waals surface area contributed by atoms with Gasteiger partial charge < -0.3 is 14.6 Å². The molecule has 0 amide bonds. The third-order valence-electron chi connectivity index (χ3n) is 4.05. The van der Waals surface area contributed by atoms with Crippen LogP contribution in [-0.4, -0.2) is 28.8 Å². The standard InChI is InChI=1S/C21H13F6NO4/c22-20(23,24)31-16-5-1-3-12(8-16)15-7-14(10-18(29)30)19(28-11-15)13-4-2-6-17(9-13)32-21(25,26)27/h1-9,11H,10H2,(H,29,30).